The van der Waals surface area contributed by atoms with Crippen molar-refractivity contribution in [3.63, 3.8) is 0 Å². The number of benzene rings is 1. The molecular formula is C9H10N2O4. The van der Waals surface area contributed by atoms with Gasteiger partial charge in [0.1, 0.15) is 5.69 Å². The highest BCUT2D eigenvalue weighted by atomic mass is 16.7. The van der Waals surface area contributed by atoms with Crippen LogP contribution in [0.1, 0.15) is 0 Å². The van der Waals surface area contributed by atoms with Crippen LogP contribution in [0.15, 0.2) is 12.1 Å². The molecule has 0 atom stereocenters. The molecule has 0 spiro atoms. The number of rotatable bonds is 2. The zero-order valence-corrected chi connectivity index (χ0v) is 8.39. The van der Waals surface area contributed by atoms with Crippen LogP contribution in [0.25, 0.3) is 0 Å². The van der Waals surface area contributed by atoms with Crippen molar-refractivity contribution in [1.29, 1.82) is 0 Å². The fraction of sp³-hybridized carbons (Fsp3) is 0.333. The lowest BCUT2D eigenvalue weighted by atomic mass is 10.2. The first-order valence-electron chi connectivity index (χ1n) is 4.35. The lowest BCUT2D eigenvalue weighted by Gasteiger charge is -2.12. The van der Waals surface area contributed by atoms with Gasteiger partial charge in [0.05, 0.1) is 11.0 Å². The summed E-state index contributed by atoms with van der Waals surface area (Å²) in [5.41, 5.74) is 0.522. The third-order valence-electron chi connectivity index (χ3n) is 2.15. The zero-order valence-electron chi connectivity index (χ0n) is 8.39. The second-order valence-corrected chi connectivity index (χ2v) is 3.35. The van der Waals surface area contributed by atoms with Crippen molar-refractivity contribution >= 4 is 11.4 Å². The highest BCUT2D eigenvalue weighted by Crippen LogP contribution is 2.41. The maximum absolute atomic E-state index is 10.8. The van der Waals surface area contributed by atoms with Gasteiger partial charge in [-0.3, -0.25) is 10.1 Å². The van der Waals surface area contributed by atoms with E-state index in [1.807, 2.05) is 0 Å². The van der Waals surface area contributed by atoms with Crippen LogP contribution in [0.4, 0.5) is 11.4 Å². The smallest absolute Gasteiger partial charge is 0.296 e. The molecule has 1 aromatic rings. The van der Waals surface area contributed by atoms with Crippen molar-refractivity contribution in [2.45, 2.75) is 0 Å². The van der Waals surface area contributed by atoms with Gasteiger partial charge in [0.15, 0.2) is 11.5 Å². The van der Waals surface area contributed by atoms with Crippen molar-refractivity contribution < 1.29 is 14.4 Å². The molecule has 1 heterocycles. The standard InChI is InChI=1S/C9H10N2O4/c1-10(2)6-3-8-9(15-5-14-8)4-7(6)11(12)13/h3-4H,5H2,1-2H3. The van der Waals surface area contributed by atoms with Gasteiger partial charge < -0.3 is 14.4 Å². The van der Waals surface area contributed by atoms with E-state index in [-0.39, 0.29) is 12.5 Å². The molecule has 2 rings (SSSR count). The number of nitro benzene ring substituents is 1. The monoisotopic (exact) mass is 210 g/mol. The Morgan fingerprint density at radius 1 is 1.33 bits per heavy atom. The molecule has 15 heavy (non-hydrogen) atoms. The molecule has 0 bridgehead atoms. The summed E-state index contributed by atoms with van der Waals surface area (Å²) in [5.74, 6) is 0.969. The summed E-state index contributed by atoms with van der Waals surface area (Å²) in [7, 11) is 3.48. The third kappa shape index (κ3) is 1.54. The van der Waals surface area contributed by atoms with Crippen LogP contribution >= 0.6 is 0 Å². The minimum absolute atomic E-state index is 0.0178. The van der Waals surface area contributed by atoms with E-state index < -0.39 is 4.92 Å². The molecule has 0 unspecified atom stereocenters. The summed E-state index contributed by atoms with van der Waals surface area (Å²) < 4.78 is 10.2. The average molecular weight is 210 g/mol. The summed E-state index contributed by atoms with van der Waals surface area (Å²) in [4.78, 5) is 12.0. The van der Waals surface area contributed by atoms with E-state index >= 15 is 0 Å². The summed E-state index contributed by atoms with van der Waals surface area (Å²) in [6.45, 7) is 0.114. The number of fused-ring (bicyclic) bond motifs is 1. The molecule has 0 radical (unpaired) electrons. The molecule has 1 aromatic carbocycles. The van der Waals surface area contributed by atoms with Gasteiger partial charge in [-0.25, -0.2) is 0 Å². The van der Waals surface area contributed by atoms with Gasteiger partial charge in [0.2, 0.25) is 6.79 Å². The van der Waals surface area contributed by atoms with E-state index in [0.29, 0.717) is 17.2 Å². The molecule has 6 nitrogen and oxygen atoms in total. The first-order valence-corrected chi connectivity index (χ1v) is 4.35. The molecule has 0 N–H and O–H groups in total. The number of ether oxygens (including phenoxy) is 2. The second kappa shape index (κ2) is 3.30. The minimum Gasteiger partial charge on any atom is -0.454 e. The lowest BCUT2D eigenvalue weighted by Crippen LogP contribution is -2.10. The molecular weight excluding hydrogens is 200 g/mol. The Bertz CT molecular complexity index is 417. The minimum atomic E-state index is -0.433. The molecule has 6 heteroatoms. The van der Waals surface area contributed by atoms with Gasteiger partial charge in [0.25, 0.3) is 5.69 Å². The molecule has 0 saturated carbocycles. The fourth-order valence-electron chi connectivity index (χ4n) is 1.42. The molecule has 0 fully saturated rings. The Hall–Kier alpha value is -1.98. The fourth-order valence-corrected chi connectivity index (χ4v) is 1.42. The Kier molecular flexibility index (Phi) is 2.11. The maximum atomic E-state index is 10.8. The van der Waals surface area contributed by atoms with E-state index in [1.165, 1.54) is 6.07 Å². The van der Waals surface area contributed by atoms with Crippen molar-refractivity contribution in [3.8, 4) is 11.5 Å². The highest BCUT2D eigenvalue weighted by molar-refractivity contribution is 5.69. The van der Waals surface area contributed by atoms with Crippen LogP contribution in [0, 0.1) is 10.1 Å². The van der Waals surface area contributed by atoms with Crippen LogP contribution < -0.4 is 14.4 Å². The summed E-state index contributed by atoms with van der Waals surface area (Å²) >= 11 is 0. The van der Waals surface area contributed by atoms with E-state index in [2.05, 4.69) is 0 Å². The first kappa shape index (κ1) is 9.57. The largest absolute Gasteiger partial charge is 0.454 e. The molecule has 0 saturated heterocycles. The average Bonchev–Trinajstić information content (AvgIpc) is 2.61. The highest BCUT2D eigenvalue weighted by Gasteiger charge is 2.24. The maximum Gasteiger partial charge on any atom is 0.296 e. The Morgan fingerprint density at radius 2 is 1.93 bits per heavy atom. The van der Waals surface area contributed by atoms with Crippen LogP contribution in [0.5, 0.6) is 11.5 Å². The Balaban J connectivity index is 2.57. The van der Waals surface area contributed by atoms with E-state index in [4.69, 9.17) is 9.47 Å². The van der Waals surface area contributed by atoms with Crippen molar-refractivity contribution in [2.24, 2.45) is 0 Å². The van der Waals surface area contributed by atoms with Crippen LogP contribution in [0.2, 0.25) is 0 Å². The molecule has 1 aliphatic heterocycles. The first-order chi connectivity index (χ1) is 7.09. The Morgan fingerprint density at radius 3 is 2.47 bits per heavy atom. The van der Waals surface area contributed by atoms with Crippen LogP contribution in [-0.4, -0.2) is 25.8 Å². The summed E-state index contributed by atoms with van der Waals surface area (Å²) in [6.07, 6.45) is 0. The second-order valence-electron chi connectivity index (χ2n) is 3.35. The molecule has 80 valence electrons. The predicted molar refractivity (Wildman–Crippen MR) is 53.5 cm³/mol. The van der Waals surface area contributed by atoms with E-state index in [1.54, 1.807) is 25.1 Å². The number of nitro groups is 1. The molecule has 0 aromatic heterocycles. The number of anilines is 1. The van der Waals surface area contributed by atoms with Crippen LogP contribution in [0.3, 0.4) is 0 Å². The van der Waals surface area contributed by atoms with Gasteiger partial charge in [-0.2, -0.15) is 0 Å². The summed E-state index contributed by atoms with van der Waals surface area (Å²) in [6, 6.07) is 3.00. The van der Waals surface area contributed by atoms with Gasteiger partial charge in [-0.15, -0.1) is 0 Å². The van der Waals surface area contributed by atoms with Gasteiger partial charge >= 0.3 is 0 Å². The zero-order chi connectivity index (χ0) is 11.0. The Labute approximate surface area is 86.2 Å². The van der Waals surface area contributed by atoms with E-state index in [0.717, 1.165) is 0 Å². The van der Waals surface area contributed by atoms with Crippen LogP contribution in [-0.2, 0) is 0 Å². The lowest BCUT2D eigenvalue weighted by molar-refractivity contribution is -0.384. The van der Waals surface area contributed by atoms with Crippen molar-refractivity contribution in [2.75, 3.05) is 25.8 Å². The SMILES string of the molecule is CN(C)c1cc2c(cc1[N+](=O)[O-])OCO2. The van der Waals surface area contributed by atoms with Crippen molar-refractivity contribution in [3.05, 3.63) is 22.2 Å². The summed E-state index contributed by atoms with van der Waals surface area (Å²) in [5, 5.41) is 10.8. The third-order valence-corrected chi connectivity index (χ3v) is 2.15. The van der Waals surface area contributed by atoms with Gasteiger partial charge in [-0.1, -0.05) is 0 Å². The van der Waals surface area contributed by atoms with Gasteiger partial charge in [0, 0.05) is 20.2 Å². The number of hydrogen-bond acceptors (Lipinski definition) is 5. The van der Waals surface area contributed by atoms with Crippen molar-refractivity contribution in [1.82, 2.24) is 0 Å². The molecule has 0 aliphatic carbocycles. The number of nitrogens with zero attached hydrogens (tertiary/aromatic N) is 2. The van der Waals surface area contributed by atoms with E-state index in [9.17, 15) is 10.1 Å². The van der Waals surface area contributed by atoms with Gasteiger partial charge in [-0.05, 0) is 0 Å². The number of hydrogen-bond donors (Lipinski definition) is 0. The predicted octanol–water partition coefficient (Wildman–Crippen LogP) is 1.39. The molecule has 0 amide bonds. The normalized spacial score (nSPS) is 12.7. The quantitative estimate of drug-likeness (QED) is 0.545. The topological polar surface area (TPSA) is 64.8 Å². The molecule has 1 aliphatic rings.